The van der Waals surface area contributed by atoms with Crippen molar-refractivity contribution in [2.75, 3.05) is 0 Å². The zero-order chi connectivity index (χ0) is 13.1. The molecular formula is C13H17NO2S. The lowest BCUT2D eigenvalue weighted by atomic mass is 10.1. The van der Waals surface area contributed by atoms with Crippen molar-refractivity contribution >= 4 is 9.84 Å². The van der Waals surface area contributed by atoms with E-state index in [1.807, 2.05) is 19.9 Å². The smallest absolute Gasteiger partial charge is 0.157 e. The van der Waals surface area contributed by atoms with Crippen LogP contribution in [0, 0.1) is 17.2 Å². The van der Waals surface area contributed by atoms with Crippen molar-refractivity contribution in [1.82, 2.24) is 0 Å². The van der Waals surface area contributed by atoms with Gasteiger partial charge < -0.3 is 0 Å². The number of hydrogen-bond donors (Lipinski definition) is 0. The van der Waals surface area contributed by atoms with Crippen LogP contribution in [-0.4, -0.2) is 13.7 Å². The van der Waals surface area contributed by atoms with E-state index in [9.17, 15) is 8.42 Å². The minimum atomic E-state index is -3.12. The second kappa shape index (κ2) is 5.33. The molecule has 92 valence electrons. The molecule has 0 saturated carbocycles. The second-order valence-corrected chi connectivity index (χ2v) is 6.92. The van der Waals surface area contributed by atoms with Gasteiger partial charge in [-0.05, 0) is 30.5 Å². The van der Waals surface area contributed by atoms with Crippen LogP contribution in [-0.2, 0) is 15.6 Å². The predicted octanol–water partition coefficient (Wildman–Crippen LogP) is 2.52. The molecule has 0 aliphatic carbocycles. The van der Waals surface area contributed by atoms with Crippen LogP contribution in [0.2, 0.25) is 0 Å². The van der Waals surface area contributed by atoms with Gasteiger partial charge in [-0.3, -0.25) is 0 Å². The Kier molecular flexibility index (Phi) is 4.30. The van der Waals surface area contributed by atoms with Crippen molar-refractivity contribution in [3.8, 4) is 6.07 Å². The summed E-state index contributed by atoms with van der Waals surface area (Å²) in [7, 11) is -3.12. The van der Waals surface area contributed by atoms with Crippen LogP contribution in [0.4, 0.5) is 0 Å². The molecule has 1 rings (SSSR count). The Morgan fingerprint density at radius 2 is 1.71 bits per heavy atom. The number of nitriles is 1. The summed E-state index contributed by atoms with van der Waals surface area (Å²) in [5, 5.41) is 8.30. The number of sulfone groups is 1. The van der Waals surface area contributed by atoms with Gasteiger partial charge in [-0.25, -0.2) is 8.42 Å². The summed E-state index contributed by atoms with van der Waals surface area (Å²) >= 11 is 0. The maximum atomic E-state index is 12.0. The van der Waals surface area contributed by atoms with Crippen molar-refractivity contribution in [3.05, 3.63) is 35.4 Å². The molecule has 17 heavy (non-hydrogen) atoms. The molecule has 0 N–H and O–H groups in total. The highest BCUT2D eigenvalue weighted by atomic mass is 32.2. The lowest BCUT2D eigenvalue weighted by molar-refractivity contribution is 0.545. The van der Waals surface area contributed by atoms with Gasteiger partial charge in [0.25, 0.3) is 0 Å². The molecule has 0 saturated heterocycles. The van der Waals surface area contributed by atoms with Crippen LogP contribution in [0.3, 0.4) is 0 Å². The first-order chi connectivity index (χ1) is 7.86. The third-order valence-electron chi connectivity index (χ3n) is 2.96. The first-order valence-corrected chi connectivity index (χ1v) is 7.29. The minimum Gasteiger partial charge on any atom is -0.228 e. The summed E-state index contributed by atoms with van der Waals surface area (Å²) in [4.78, 5) is 0. The summed E-state index contributed by atoms with van der Waals surface area (Å²) in [6.07, 6.45) is 0. The Hall–Kier alpha value is -1.34. The average molecular weight is 251 g/mol. The molecule has 0 aliphatic heterocycles. The van der Waals surface area contributed by atoms with Gasteiger partial charge in [-0.1, -0.05) is 26.0 Å². The third-order valence-corrected chi connectivity index (χ3v) is 5.37. The summed E-state index contributed by atoms with van der Waals surface area (Å²) in [6, 6.07) is 8.69. The normalized spacial score (nSPS) is 13.4. The van der Waals surface area contributed by atoms with Crippen molar-refractivity contribution in [3.63, 3.8) is 0 Å². The van der Waals surface area contributed by atoms with E-state index in [0.717, 1.165) is 5.56 Å². The van der Waals surface area contributed by atoms with E-state index in [1.54, 1.807) is 31.2 Å². The van der Waals surface area contributed by atoms with E-state index < -0.39 is 9.84 Å². The van der Waals surface area contributed by atoms with E-state index in [1.165, 1.54) is 0 Å². The molecule has 1 unspecified atom stereocenters. The summed E-state index contributed by atoms with van der Waals surface area (Å²) in [5.74, 6) is 0.149. The fourth-order valence-electron chi connectivity index (χ4n) is 1.45. The average Bonchev–Trinajstić information content (AvgIpc) is 2.28. The highest BCUT2D eigenvalue weighted by Crippen LogP contribution is 2.17. The summed E-state index contributed by atoms with van der Waals surface area (Å²) in [6.45, 7) is 5.55. The first kappa shape index (κ1) is 13.7. The van der Waals surface area contributed by atoms with E-state index in [4.69, 9.17) is 5.26 Å². The largest absolute Gasteiger partial charge is 0.228 e. The summed E-state index contributed by atoms with van der Waals surface area (Å²) < 4.78 is 24.1. The van der Waals surface area contributed by atoms with Crippen LogP contribution in [0.5, 0.6) is 0 Å². The quantitative estimate of drug-likeness (QED) is 0.826. The number of nitrogens with zero attached hydrogens (tertiary/aromatic N) is 1. The molecule has 0 aromatic heterocycles. The Morgan fingerprint density at radius 3 is 2.12 bits per heavy atom. The lowest BCUT2D eigenvalue weighted by Crippen LogP contribution is -2.24. The highest BCUT2D eigenvalue weighted by molar-refractivity contribution is 7.91. The molecule has 0 heterocycles. The van der Waals surface area contributed by atoms with Crippen LogP contribution in [0.1, 0.15) is 31.9 Å². The SMILES string of the molecule is CC(C)C(C)S(=O)(=O)Cc1ccc(C#N)cc1. The molecule has 1 aromatic carbocycles. The van der Waals surface area contributed by atoms with Crippen molar-refractivity contribution in [2.24, 2.45) is 5.92 Å². The topological polar surface area (TPSA) is 57.9 Å². The Labute approximate surface area is 103 Å². The van der Waals surface area contributed by atoms with E-state index >= 15 is 0 Å². The van der Waals surface area contributed by atoms with Gasteiger partial charge in [0, 0.05) is 0 Å². The van der Waals surface area contributed by atoms with Crippen molar-refractivity contribution < 1.29 is 8.42 Å². The van der Waals surface area contributed by atoms with E-state index in [0.29, 0.717) is 5.56 Å². The van der Waals surface area contributed by atoms with Gasteiger partial charge in [0.1, 0.15) is 0 Å². The van der Waals surface area contributed by atoms with Gasteiger partial charge in [-0.15, -0.1) is 0 Å². The lowest BCUT2D eigenvalue weighted by Gasteiger charge is -2.16. The molecule has 1 atom stereocenters. The number of hydrogen-bond acceptors (Lipinski definition) is 3. The molecular weight excluding hydrogens is 234 g/mol. The molecule has 0 amide bonds. The van der Waals surface area contributed by atoms with Gasteiger partial charge in [-0.2, -0.15) is 5.26 Å². The van der Waals surface area contributed by atoms with Crippen molar-refractivity contribution in [2.45, 2.75) is 31.8 Å². The van der Waals surface area contributed by atoms with Gasteiger partial charge in [0.05, 0.1) is 22.6 Å². The molecule has 4 heteroatoms. The van der Waals surface area contributed by atoms with Crippen LogP contribution >= 0.6 is 0 Å². The molecule has 0 fully saturated rings. The molecule has 1 aromatic rings. The predicted molar refractivity (Wildman–Crippen MR) is 68.1 cm³/mol. The zero-order valence-electron chi connectivity index (χ0n) is 10.3. The van der Waals surface area contributed by atoms with Gasteiger partial charge in [0.15, 0.2) is 9.84 Å². The van der Waals surface area contributed by atoms with Crippen LogP contribution in [0.25, 0.3) is 0 Å². The van der Waals surface area contributed by atoms with E-state index in [-0.39, 0.29) is 16.9 Å². The van der Waals surface area contributed by atoms with Gasteiger partial charge in [0.2, 0.25) is 0 Å². The van der Waals surface area contributed by atoms with Crippen LogP contribution < -0.4 is 0 Å². The molecule has 0 aliphatic rings. The molecule has 3 nitrogen and oxygen atoms in total. The van der Waals surface area contributed by atoms with Gasteiger partial charge >= 0.3 is 0 Å². The maximum absolute atomic E-state index is 12.0. The molecule has 0 bridgehead atoms. The minimum absolute atomic E-state index is 0.0397. The zero-order valence-corrected chi connectivity index (χ0v) is 11.2. The second-order valence-electron chi connectivity index (χ2n) is 4.57. The Morgan fingerprint density at radius 1 is 1.18 bits per heavy atom. The van der Waals surface area contributed by atoms with Crippen LogP contribution in [0.15, 0.2) is 24.3 Å². The fraction of sp³-hybridized carbons (Fsp3) is 0.462. The fourth-order valence-corrected chi connectivity index (χ4v) is 3.20. The molecule has 0 radical (unpaired) electrons. The summed E-state index contributed by atoms with van der Waals surface area (Å²) in [5.41, 5.74) is 1.28. The standard InChI is InChI=1S/C13H17NO2S/c1-10(2)11(3)17(15,16)9-13-6-4-12(8-14)5-7-13/h4-7,10-11H,9H2,1-3H3. The Balaban J connectivity index is 2.87. The highest BCUT2D eigenvalue weighted by Gasteiger charge is 2.23. The van der Waals surface area contributed by atoms with Crippen molar-refractivity contribution in [1.29, 1.82) is 5.26 Å². The third kappa shape index (κ3) is 3.57. The number of rotatable bonds is 4. The monoisotopic (exact) mass is 251 g/mol. The van der Waals surface area contributed by atoms with E-state index in [2.05, 4.69) is 0 Å². The first-order valence-electron chi connectivity index (χ1n) is 5.57. The molecule has 0 spiro atoms. The maximum Gasteiger partial charge on any atom is 0.157 e. The number of benzene rings is 1. The Bertz CT molecular complexity index is 509.